The molecular formula is C18H19FN2O4S. The van der Waals surface area contributed by atoms with Crippen molar-refractivity contribution in [3.63, 3.8) is 0 Å². The van der Waals surface area contributed by atoms with E-state index in [2.05, 4.69) is 10.0 Å². The Morgan fingerprint density at radius 1 is 1.19 bits per heavy atom. The smallest absolute Gasteiger partial charge is 0.255 e. The van der Waals surface area contributed by atoms with Gasteiger partial charge in [0.2, 0.25) is 10.0 Å². The summed E-state index contributed by atoms with van der Waals surface area (Å²) in [5, 5.41) is 2.43. The fraction of sp³-hybridized carbons (Fsp3) is 0.278. The summed E-state index contributed by atoms with van der Waals surface area (Å²) in [7, 11) is -3.77. The van der Waals surface area contributed by atoms with E-state index in [1.165, 1.54) is 42.5 Å². The lowest BCUT2D eigenvalue weighted by Crippen LogP contribution is -2.32. The number of benzene rings is 2. The second-order valence-electron chi connectivity index (χ2n) is 5.95. The number of anilines is 1. The van der Waals surface area contributed by atoms with Crippen LogP contribution in [0.15, 0.2) is 53.4 Å². The second-order valence-corrected chi connectivity index (χ2v) is 7.72. The Balaban J connectivity index is 1.72. The van der Waals surface area contributed by atoms with Crippen LogP contribution in [0.3, 0.4) is 0 Å². The third kappa shape index (κ3) is 4.46. The normalized spacial score (nSPS) is 17.2. The van der Waals surface area contributed by atoms with Gasteiger partial charge in [-0.1, -0.05) is 18.2 Å². The number of nitrogens with one attached hydrogen (secondary N) is 2. The second kappa shape index (κ2) is 7.94. The van der Waals surface area contributed by atoms with E-state index in [-0.39, 0.29) is 28.8 Å². The van der Waals surface area contributed by atoms with Crippen molar-refractivity contribution in [3.05, 3.63) is 59.9 Å². The van der Waals surface area contributed by atoms with E-state index in [0.29, 0.717) is 6.61 Å². The van der Waals surface area contributed by atoms with Crippen molar-refractivity contribution < 1.29 is 22.3 Å². The van der Waals surface area contributed by atoms with E-state index >= 15 is 0 Å². The molecule has 1 aliphatic rings. The van der Waals surface area contributed by atoms with Crippen LogP contribution in [0.25, 0.3) is 0 Å². The number of sulfonamides is 1. The fourth-order valence-electron chi connectivity index (χ4n) is 2.65. The van der Waals surface area contributed by atoms with E-state index < -0.39 is 21.7 Å². The zero-order valence-corrected chi connectivity index (χ0v) is 14.8. The highest BCUT2D eigenvalue weighted by Gasteiger charge is 2.21. The quantitative estimate of drug-likeness (QED) is 0.809. The van der Waals surface area contributed by atoms with Gasteiger partial charge < -0.3 is 10.1 Å². The topological polar surface area (TPSA) is 84.5 Å². The number of hydrogen-bond donors (Lipinski definition) is 2. The SMILES string of the molecule is O=C(Nc1ccccc1F)c1cccc(S(=O)(=O)NCC2CCCO2)c1. The Labute approximate surface area is 151 Å². The van der Waals surface area contributed by atoms with Gasteiger partial charge in [-0.15, -0.1) is 0 Å². The molecule has 6 nitrogen and oxygen atoms in total. The Kier molecular flexibility index (Phi) is 5.65. The van der Waals surface area contributed by atoms with Gasteiger partial charge in [-0.05, 0) is 43.2 Å². The molecule has 1 saturated heterocycles. The van der Waals surface area contributed by atoms with Crippen LogP contribution in [0, 0.1) is 5.82 Å². The molecule has 0 aromatic heterocycles. The predicted octanol–water partition coefficient (Wildman–Crippen LogP) is 2.54. The largest absolute Gasteiger partial charge is 0.377 e. The maximum atomic E-state index is 13.7. The summed E-state index contributed by atoms with van der Waals surface area (Å²) in [4.78, 5) is 12.3. The minimum absolute atomic E-state index is 0.0299. The first-order valence-electron chi connectivity index (χ1n) is 8.23. The van der Waals surface area contributed by atoms with Gasteiger partial charge in [0.25, 0.3) is 5.91 Å². The van der Waals surface area contributed by atoms with Crippen molar-refractivity contribution in [2.75, 3.05) is 18.5 Å². The van der Waals surface area contributed by atoms with E-state index in [4.69, 9.17) is 4.74 Å². The van der Waals surface area contributed by atoms with Crippen LogP contribution < -0.4 is 10.0 Å². The molecule has 3 rings (SSSR count). The number of rotatable bonds is 6. The van der Waals surface area contributed by atoms with Crippen LogP contribution >= 0.6 is 0 Å². The van der Waals surface area contributed by atoms with Gasteiger partial charge in [0.15, 0.2) is 0 Å². The van der Waals surface area contributed by atoms with Crippen molar-refractivity contribution in [1.29, 1.82) is 0 Å². The van der Waals surface area contributed by atoms with Crippen LogP contribution in [-0.2, 0) is 14.8 Å². The molecule has 2 aromatic rings. The van der Waals surface area contributed by atoms with Gasteiger partial charge >= 0.3 is 0 Å². The van der Waals surface area contributed by atoms with Crippen molar-refractivity contribution in [2.45, 2.75) is 23.8 Å². The molecule has 8 heteroatoms. The highest BCUT2D eigenvalue weighted by atomic mass is 32.2. The molecule has 0 saturated carbocycles. The van der Waals surface area contributed by atoms with Gasteiger partial charge in [0, 0.05) is 18.7 Å². The summed E-state index contributed by atoms with van der Waals surface area (Å²) >= 11 is 0. The molecule has 1 unspecified atom stereocenters. The Bertz CT molecular complexity index is 896. The lowest BCUT2D eigenvalue weighted by atomic mass is 10.2. The van der Waals surface area contributed by atoms with Crippen LogP contribution in [-0.4, -0.2) is 33.6 Å². The van der Waals surface area contributed by atoms with Gasteiger partial charge in [-0.25, -0.2) is 17.5 Å². The molecular weight excluding hydrogens is 359 g/mol. The van der Waals surface area contributed by atoms with Crippen LogP contribution in [0.5, 0.6) is 0 Å². The average Bonchev–Trinajstić information content (AvgIpc) is 3.16. The highest BCUT2D eigenvalue weighted by molar-refractivity contribution is 7.89. The van der Waals surface area contributed by atoms with Crippen LogP contribution in [0.1, 0.15) is 23.2 Å². The molecule has 0 radical (unpaired) electrons. The number of carbonyl (C=O) groups excluding carboxylic acids is 1. The predicted molar refractivity (Wildman–Crippen MR) is 95.0 cm³/mol. The number of carbonyl (C=O) groups is 1. The molecule has 2 aromatic carbocycles. The van der Waals surface area contributed by atoms with Crippen LogP contribution in [0.4, 0.5) is 10.1 Å². The van der Waals surface area contributed by atoms with Crippen molar-refractivity contribution in [2.24, 2.45) is 0 Å². The van der Waals surface area contributed by atoms with E-state index in [0.717, 1.165) is 12.8 Å². The van der Waals surface area contributed by atoms with E-state index in [9.17, 15) is 17.6 Å². The molecule has 1 aliphatic heterocycles. The molecule has 2 N–H and O–H groups in total. The lowest BCUT2D eigenvalue weighted by molar-refractivity contribution is 0.102. The minimum atomic E-state index is -3.77. The number of ether oxygens (including phenoxy) is 1. The molecule has 1 amide bonds. The summed E-state index contributed by atoms with van der Waals surface area (Å²) < 4.78 is 46.4. The molecule has 1 fully saturated rings. The van der Waals surface area contributed by atoms with Crippen molar-refractivity contribution in [3.8, 4) is 0 Å². The fourth-order valence-corrected chi connectivity index (χ4v) is 3.76. The number of amides is 1. The standard InChI is InChI=1S/C18H19FN2O4S/c19-16-8-1-2-9-17(16)21-18(22)13-5-3-7-15(11-13)26(23,24)20-12-14-6-4-10-25-14/h1-3,5,7-9,11,14,20H,4,6,10,12H2,(H,21,22). The summed E-state index contributed by atoms with van der Waals surface area (Å²) in [6, 6.07) is 11.4. The number of hydrogen-bond acceptors (Lipinski definition) is 4. The summed E-state index contributed by atoms with van der Waals surface area (Å²) in [5.41, 5.74) is 0.149. The maximum absolute atomic E-state index is 13.7. The van der Waals surface area contributed by atoms with Gasteiger partial charge in [-0.3, -0.25) is 4.79 Å². The summed E-state index contributed by atoms with van der Waals surface area (Å²) in [6.45, 7) is 0.825. The van der Waals surface area contributed by atoms with Crippen molar-refractivity contribution >= 4 is 21.6 Å². The zero-order chi connectivity index (χ0) is 18.6. The first-order chi connectivity index (χ1) is 12.5. The Morgan fingerprint density at radius 3 is 2.73 bits per heavy atom. The zero-order valence-electron chi connectivity index (χ0n) is 13.9. The Hall–Kier alpha value is -2.29. The molecule has 26 heavy (non-hydrogen) atoms. The first kappa shape index (κ1) is 18.5. The third-order valence-corrected chi connectivity index (χ3v) is 5.47. The molecule has 0 bridgehead atoms. The summed E-state index contributed by atoms with van der Waals surface area (Å²) in [6.07, 6.45) is 1.60. The van der Waals surface area contributed by atoms with E-state index in [1.807, 2.05) is 0 Å². The highest BCUT2D eigenvalue weighted by Crippen LogP contribution is 2.17. The molecule has 1 atom stereocenters. The van der Waals surface area contributed by atoms with Crippen LogP contribution in [0.2, 0.25) is 0 Å². The molecule has 0 spiro atoms. The molecule has 138 valence electrons. The van der Waals surface area contributed by atoms with E-state index in [1.54, 1.807) is 6.07 Å². The van der Waals surface area contributed by atoms with Gasteiger partial charge in [-0.2, -0.15) is 0 Å². The molecule has 1 heterocycles. The summed E-state index contributed by atoms with van der Waals surface area (Å²) in [5.74, 6) is -1.16. The van der Waals surface area contributed by atoms with Gasteiger partial charge in [0.05, 0.1) is 16.7 Å². The molecule has 0 aliphatic carbocycles. The minimum Gasteiger partial charge on any atom is -0.377 e. The van der Waals surface area contributed by atoms with Gasteiger partial charge in [0.1, 0.15) is 5.82 Å². The maximum Gasteiger partial charge on any atom is 0.255 e. The average molecular weight is 378 g/mol. The lowest BCUT2D eigenvalue weighted by Gasteiger charge is -2.12. The monoisotopic (exact) mass is 378 g/mol. The Morgan fingerprint density at radius 2 is 2.00 bits per heavy atom. The first-order valence-corrected chi connectivity index (χ1v) is 9.71. The van der Waals surface area contributed by atoms with Crippen molar-refractivity contribution in [1.82, 2.24) is 4.72 Å². The number of para-hydroxylation sites is 1. The number of halogens is 1. The third-order valence-electron chi connectivity index (χ3n) is 4.05.